The van der Waals surface area contributed by atoms with Crippen LogP contribution in [0.5, 0.6) is 5.75 Å². The number of aliphatic hydroxyl groups excluding tert-OH is 1. The highest BCUT2D eigenvalue weighted by Crippen LogP contribution is 2.44. The van der Waals surface area contributed by atoms with Crippen LogP contribution < -0.4 is 9.64 Å². The molecule has 1 aliphatic heterocycles. The third-order valence-electron chi connectivity index (χ3n) is 6.41. The molecule has 1 aromatic heterocycles. The minimum Gasteiger partial charge on any atom is -0.507 e. The van der Waals surface area contributed by atoms with Gasteiger partial charge in [0.05, 0.1) is 18.2 Å². The Bertz CT molecular complexity index is 1610. The first-order valence-electron chi connectivity index (χ1n) is 12.9. The summed E-state index contributed by atoms with van der Waals surface area (Å²) in [6, 6.07) is 18.9. The minimum atomic E-state index is -0.988. The zero-order chi connectivity index (χ0) is 28.9. The average molecular weight is 610 g/mol. The first-order valence-corrected chi connectivity index (χ1v) is 15.0. The van der Waals surface area contributed by atoms with Crippen LogP contribution in [0, 0.1) is 5.82 Å². The molecule has 210 valence electrons. The lowest BCUT2D eigenvalue weighted by Crippen LogP contribution is -2.29. The van der Waals surface area contributed by atoms with Gasteiger partial charge in [0, 0.05) is 16.3 Å². The van der Waals surface area contributed by atoms with Gasteiger partial charge in [-0.1, -0.05) is 78.4 Å². The van der Waals surface area contributed by atoms with E-state index in [2.05, 4.69) is 17.1 Å². The number of benzene rings is 3. The Morgan fingerprint density at radius 3 is 2.63 bits per heavy atom. The highest BCUT2D eigenvalue weighted by molar-refractivity contribution is 8.00. The van der Waals surface area contributed by atoms with Crippen molar-refractivity contribution in [3.8, 4) is 5.75 Å². The lowest BCUT2D eigenvalue weighted by molar-refractivity contribution is -0.132. The highest BCUT2D eigenvalue weighted by Gasteiger charge is 2.48. The zero-order valence-corrected chi connectivity index (χ0v) is 24.3. The summed E-state index contributed by atoms with van der Waals surface area (Å²) in [5, 5.41) is 20.3. The van der Waals surface area contributed by atoms with Gasteiger partial charge < -0.3 is 9.84 Å². The topological polar surface area (TPSA) is 92.6 Å². The molecule has 1 unspecified atom stereocenters. The van der Waals surface area contributed by atoms with Gasteiger partial charge in [0.2, 0.25) is 5.13 Å². The molecule has 1 N–H and O–H groups in total. The molecule has 2 heterocycles. The summed E-state index contributed by atoms with van der Waals surface area (Å²) >= 11 is 8.41. The fourth-order valence-electron chi connectivity index (χ4n) is 4.33. The molecule has 0 spiro atoms. The van der Waals surface area contributed by atoms with E-state index in [1.807, 2.05) is 0 Å². The molecule has 4 aromatic rings. The van der Waals surface area contributed by atoms with Gasteiger partial charge in [-0.05, 0) is 60.0 Å². The van der Waals surface area contributed by atoms with Gasteiger partial charge >= 0.3 is 5.91 Å². The van der Waals surface area contributed by atoms with E-state index in [9.17, 15) is 19.1 Å². The SMILES string of the molecule is CCCCOc1cccc(C2/C(=C(\O)c3ccc(Cl)cc3)C(=O)C(=O)N2c2nnc(SCc3ccccc3F)s2)c1. The van der Waals surface area contributed by atoms with Gasteiger partial charge in [-0.25, -0.2) is 4.39 Å². The molecule has 0 bridgehead atoms. The van der Waals surface area contributed by atoms with Crippen molar-refractivity contribution < 1.29 is 23.8 Å². The summed E-state index contributed by atoms with van der Waals surface area (Å²) in [5.74, 6) is -1.45. The smallest absolute Gasteiger partial charge is 0.301 e. The number of ether oxygens (including phenoxy) is 1. The third kappa shape index (κ3) is 6.29. The zero-order valence-electron chi connectivity index (χ0n) is 21.9. The van der Waals surface area contributed by atoms with Gasteiger partial charge in [0.15, 0.2) is 4.34 Å². The molecule has 0 radical (unpaired) electrons. The molecule has 1 saturated heterocycles. The van der Waals surface area contributed by atoms with Gasteiger partial charge in [0.1, 0.15) is 17.3 Å². The number of unbranched alkanes of at least 4 members (excludes halogenated alkanes) is 1. The summed E-state index contributed by atoms with van der Waals surface area (Å²) in [6.45, 7) is 2.58. The Hall–Kier alpha value is -3.73. The molecular formula is C30H25ClFN3O4S2. The molecule has 5 rings (SSSR count). The Morgan fingerprint density at radius 2 is 1.88 bits per heavy atom. The maximum absolute atomic E-state index is 14.1. The third-order valence-corrected chi connectivity index (χ3v) is 8.77. The standard InChI is InChI=1S/C30H25ClFN3O4S2/c1-2-3-15-39-22-9-6-8-19(16-22)25-24(26(36)18-11-13-21(31)14-12-18)27(37)28(38)35(25)29-33-34-30(41-29)40-17-20-7-4-5-10-23(20)32/h4-14,16,25,36H,2-3,15,17H2,1H3/b26-24+. The molecule has 0 saturated carbocycles. The highest BCUT2D eigenvalue weighted by atomic mass is 35.5. The number of hydrogen-bond acceptors (Lipinski definition) is 8. The second-order valence-corrected chi connectivity index (χ2v) is 11.8. The van der Waals surface area contributed by atoms with Crippen molar-refractivity contribution in [3.05, 3.63) is 106 Å². The van der Waals surface area contributed by atoms with Crippen LogP contribution in [0.3, 0.4) is 0 Å². The number of nitrogens with zero attached hydrogens (tertiary/aromatic N) is 3. The second-order valence-electron chi connectivity index (χ2n) is 9.18. The quantitative estimate of drug-likeness (QED) is 0.0499. The summed E-state index contributed by atoms with van der Waals surface area (Å²) < 4.78 is 20.5. The lowest BCUT2D eigenvalue weighted by atomic mass is 9.95. The van der Waals surface area contributed by atoms with Crippen LogP contribution in [-0.2, 0) is 15.3 Å². The second kappa shape index (κ2) is 12.8. The number of ketones is 1. The maximum Gasteiger partial charge on any atom is 0.301 e. The molecule has 1 aliphatic rings. The number of aliphatic hydroxyl groups is 1. The van der Waals surface area contributed by atoms with Gasteiger partial charge in [-0.3, -0.25) is 14.5 Å². The monoisotopic (exact) mass is 609 g/mol. The number of carbonyl (C=O) groups is 2. The number of amides is 1. The molecule has 41 heavy (non-hydrogen) atoms. The molecule has 7 nitrogen and oxygen atoms in total. The van der Waals surface area contributed by atoms with Crippen molar-refractivity contribution in [3.63, 3.8) is 0 Å². The van der Waals surface area contributed by atoms with Crippen molar-refractivity contribution in [2.45, 2.75) is 35.9 Å². The van der Waals surface area contributed by atoms with E-state index >= 15 is 0 Å². The normalized spacial score (nSPS) is 16.4. The Balaban J connectivity index is 1.54. The summed E-state index contributed by atoms with van der Waals surface area (Å²) in [6.07, 6.45) is 1.84. The van der Waals surface area contributed by atoms with E-state index in [0.29, 0.717) is 44.2 Å². The number of anilines is 1. The van der Waals surface area contributed by atoms with E-state index in [0.717, 1.165) is 24.2 Å². The number of hydrogen-bond donors (Lipinski definition) is 1. The Kier molecular flexibility index (Phi) is 9.02. The molecular weight excluding hydrogens is 585 g/mol. The molecule has 0 aliphatic carbocycles. The minimum absolute atomic E-state index is 0.0845. The summed E-state index contributed by atoms with van der Waals surface area (Å²) in [7, 11) is 0. The largest absolute Gasteiger partial charge is 0.507 e. The van der Waals surface area contributed by atoms with Crippen LogP contribution in [0.2, 0.25) is 5.02 Å². The first-order chi connectivity index (χ1) is 19.9. The van der Waals surface area contributed by atoms with E-state index in [4.69, 9.17) is 16.3 Å². The van der Waals surface area contributed by atoms with Gasteiger partial charge in [0.25, 0.3) is 5.78 Å². The van der Waals surface area contributed by atoms with Crippen LogP contribution in [0.1, 0.15) is 42.5 Å². The van der Waals surface area contributed by atoms with Crippen LogP contribution in [0.4, 0.5) is 9.52 Å². The lowest BCUT2D eigenvalue weighted by Gasteiger charge is -2.23. The molecule has 11 heteroatoms. The molecule has 1 amide bonds. The Labute approximate surface area is 249 Å². The number of rotatable bonds is 10. The van der Waals surface area contributed by atoms with E-state index in [1.165, 1.54) is 22.7 Å². The van der Waals surface area contributed by atoms with E-state index in [-0.39, 0.29) is 22.3 Å². The summed E-state index contributed by atoms with van der Waals surface area (Å²) in [5.41, 5.74) is 1.33. The molecule has 1 atom stereocenters. The van der Waals surface area contributed by atoms with Crippen molar-refractivity contribution in [1.82, 2.24) is 10.2 Å². The van der Waals surface area contributed by atoms with Crippen molar-refractivity contribution in [2.75, 3.05) is 11.5 Å². The van der Waals surface area contributed by atoms with Crippen LogP contribution in [0.25, 0.3) is 5.76 Å². The van der Waals surface area contributed by atoms with Crippen LogP contribution in [0.15, 0.2) is 82.7 Å². The number of thioether (sulfide) groups is 1. The predicted octanol–water partition coefficient (Wildman–Crippen LogP) is 7.43. The average Bonchev–Trinajstić information content (AvgIpc) is 3.55. The maximum atomic E-state index is 14.1. The number of halogens is 2. The fraction of sp³-hybridized carbons (Fsp3) is 0.200. The first kappa shape index (κ1) is 28.8. The summed E-state index contributed by atoms with van der Waals surface area (Å²) in [4.78, 5) is 28.2. The van der Waals surface area contributed by atoms with E-state index in [1.54, 1.807) is 66.7 Å². The van der Waals surface area contributed by atoms with Crippen LogP contribution in [-0.4, -0.2) is 33.6 Å². The van der Waals surface area contributed by atoms with E-state index < -0.39 is 17.7 Å². The van der Waals surface area contributed by atoms with Crippen molar-refractivity contribution >= 4 is 57.3 Å². The molecule has 3 aromatic carbocycles. The fourth-order valence-corrected chi connectivity index (χ4v) is 6.31. The Morgan fingerprint density at radius 1 is 1.10 bits per heavy atom. The predicted molar refractivity (Wildman–Crippen MR) is 159 cm³/mol. The van der Waals surface area contributed by atoms with Crippen molar-refractivity contribution in [1.29, 1.82) is 0 Å². The van der Waals surface area contributed by atoms with Gasteiger partial charge in [-0.15, -0.1) is 10.2 Å². The van der Waals surface area contributed by atoms with Gasteiger partial charge in [-0.2, -0.15) is 0 Å². The number of aromatic nitrogens is 2. The molecule has 1 fully saturated rings. The van der Waals surface area contributed by atoms with Crippen molar-refractivity contribution in [2.24, 2.45) is 0 Å². The van der Waals surface area contributed by atoms with Crippen LogP contribution >= 0.6 is 34.7 Å². The number of carbonyl (C=O) groups excluding carboxylic acids is 2. The number of Topliss-reactive ketones (excluding diaryl/α,β-unsaturated/α-hetero) is 1.